The van der Waals surface area contributed by atoms with Gasteiger partial charge in [0.1, 0.15) is 13.7 Å². The minimum absolute atomic E-state index is 0.294. The molecule has 1 rings (SSSR count). The van der Waals surface area contributed by atoms with Gasteiger partial charge >= 0.3 is 0 Å². The predicted octanol–water partition coefficient (Wildman–Crippen LogP) is 1.47. The van der Waals surface area contributed by atoms with Crippen molar-refractivity contribution in [1.29, 1.82) is 0 Å². The van der Waals surface area contributed by atoms with Crippen molar-refractivity contribution < 1.29 is 9.50 Å². The van der Waals surface area contributed by atoms with Crippen LogP contribution in [0.1, 0.15) is 18.9 Å². The van der Waals surface area contributed by atoms with E-state index in [0.29, 0.717) is 18.3 Å². The molecule has 0 aliphatic heterocycles. The molecule has 0 spiro atoms. The third-order valence-electron chi connectivity index (χ3n) is 2.53. The molecule has 0 fully saturated rings. The molecule has 0 bridgehead atoms. The van der Waals surface area contributed by atoms with Crippen LogP contribution < -0.4 is 0 Å². The highest BCUT2D eigenvalue weighted by Crippen LogP contribution is 2.28. The first-order valence-electron chi connectivity index (χ1n) is 4.61. The third kappa shape index (κ3) is 2.10. The quantitative estimate of drug-likeness (QED) is 0.698. The normalized spacial score (nSPS) is 15.3. The third-order valence-corrected chi connectivity index (χ3v) is 2.53. The number of hydrogen-bond acceptors (Lipinski definition) is 1. The Bertz CT molecular complexity index is 284. The van der Waals surface area contributed by atoms with E-state index in [4.69, 9.17) is 0 Å². The van der Waals surface area contributed by atoms with E-state index in [9.17, 15) is 9.50 Å². The van der Waals surface area contributed by atoms with Gasteiger partial charge in [-0.2, -0.15) is 0 Å². The Hall–Kier alpha value is -0.825. The Morgan fingerprint density at radius 3 is 2.69 bits per heavy atom. The zero-order valence-electron chi connectivity index (χ0n) is 8.05. The Morgan fingerprint density at radius 2 is 2.23 bits per heavy atom. The lowest BCUT2D eigenvalue weighted by Crippen LogP contribution is -2.23. The first kappa shape index (κ1) is 10.3. The first-order chi connectivity index (χ1) is 6.12. The van der Waals surface area contributed by atoms with Crippen molar-refractivity contribution in [2.45, 2.75) is 25.3 Å². The molecule has 0 amide bonds. The second kappa shape index (κ2) is 3.92. The molecule has 1 unspecified atom stereocenters. The van der Waals surface area contributed by atoms with Gasteiger partial charge in [-0.05, 0) is 30.4 Å². The molecule has 1 nitrogen and oxygen atoms in total. The van der Waals surface area contributed by atoms with Crippen LogP contribution in [0.25, 0.3) is 0 Å². The molecule has 0 saturated heterocycles. The summed E-state index contributed by atoms with van der Waals surface area (Å²) in [4.78, 5) is 0. The van der Waals surface area contributed by atoms with Crippen molar-refractivity contribution in [1.82, 2.24) is 0 Å². The van der Waals surface area contributed by atoms with Crippen LogP contribution in [-0.4, -0.2) is 13.0 Å². The topological polar surface area (TPSA) is 20.2 Å². The molecule has 0 radical (unpaired) electrons. The molecule has 0 heterocycles. The fourth-order valence-corrected chi connectivity index (χ4v) is 1.44. The van der Waals surface area contributed by atoms with E-state index < -0.39 is 5.60 Å². The van der Waals surface area contributed by atoms with E-state index in [-0.39, 0.29) is 5.82 Å². The Labute approximate surface area is 79.0 Å². The highest BCUT2D eigenvalue weighted by molar-refractivity contribution is 6.09. The van der Waals surface area contributed by atoms with E-state index in [1.807, 2.05) is 14.8 Å². The van der Waals surface area contributed by atoms with E-state index in [2.05, 4.69) is 0 Å². The maximum absolute atomic E-state index is 12.9. The van der Waals surface area contributed by atoms with Crippen LogP contribution in [0.4, 0.5) is 4.39 Å². The van der Waals surface area contributed by atoms with E-state index in [0.717, 1.165) is 0 Å². The Morgan fingerprint density at radius 1 is 1.54 bits per heavy atom. The van der Waals surface area contributed by atoms with Gasteiger partial charge in [0.25, 0.3) is 0 Å². The van der Waals surface area contributed by atoms with E-state index >= 15 is 0 Å². The van der Waals surface area contributed by atoms with E-state index in [1.165, 1.54) is 12.1 Å². The number of rotatable bonds is 3. The summed E-state index contributed by atoms with van der Waals surface area (Å²) in [5.41, 5.74) is -0.209. The monoisotopic (exact) mass is 180 g/mol. The van der Waals surface area contributed by atoms with Crippen LogP contribution >= 0.6 is 0 Å². The van der Waals surface area contributed by atoms with Crippen LogP contribution in [0, 0.1) is 5.82 Å². The number of aliphatic hydroxyl groups is 1. The maximum atomic E-state index is 12.9. The van der Waals surface area contributed by atoms with Gasteiger partial charge in [-0.15, -0.1) is 0 Å². The second-order valence-electron chi connectivity index (χ2n) is 3.25. The molecule has 70 valence electrons. The van der Waals surface area contributed by atoms with Crippen LogP contribution in [0.3, 0.4) is 0 Å². The summed E-state index contributed by atoms with van der Waals surface area (Å²) in [7, 11) is 1.90. The predicted molar refractivity (Wildman–Crippen MR) is 53.9 cm³/mol. The molecule has 1 aromatic rings. The lowest BCUT2D eigenvalue weighted by Gasteiger charge is -2.25. The van der Waals surface area contributed by atoms with Gasteiger partial charge in [-0.1, -0.05) is 19.1 Å². The summed E-state index contributed by atoms with van der Waals surface area (Å²) in [6, 6.07) is 6.17. The SMILES string of the molecule is BCC(O)(CC)c1cccc(F)c1. The fourth-order valence-electron chi connectivity index (χ4n) is 1.44. The van der Waals surface area contributed by atoms with Crippen molar-refractivity contribution in [3.8, 4) is 0 Å². The van der Waals surface area contributed by atoms with Gasteiger partial charge in [0.2, 0.25) is 0 Å². The molecule has 1 N–H and O–H groups in total. The molecule has 0 saturated carbocycles. The smallest absolute Gasteiger partial charge is 0.123 e. The molecule has 1 atom stereocenters. The zero-order valence-corrected chi connectivity index (χ0v) is 8.05. The molecular weight excluding hydrogens is 166 g/mol. The van der Waals surface area contributed by atoms with Crippen LogP contribution in [-0.2, 0) is 5.60 Å². The molecule has 1 aromatic carbocycles. The summed E-state index contributed by atoms with van der Waals surface area (Å²) < 4.78 is 12.9. The molecule has 3 heteroatoms. The highest BCUT2D eigenvalue weighted by atomic mass is 19.1. The van der Waals surface area contributed by atoms with Gasteiger partial charge in [-0.3, -0.25) is 0 Å². The van der Waals surface area contributed by atoms with Crippen molar-refractivity contribution >= 4 is 7.85 Å². The number of benzene rings is 1. The molecule has 13 heavy (non-hydrogen) atoms. The molecular formula is C10H14BFO. The summed E-state index contributed by atoms with van der Waals surface area (Å²) in [5.74, 6) is -0.294. The van der Waals surface area contributed by atoms with Gasteiger partial charge in [0.05, 0.1) is 5.60 Å². The lowest BCUT2D eigenvalue weighted by atomic mass is 9.80. The molecule has 0 aliphatic rings. The molecule has 0 aliphatic carbocycles. The summed E-state index contributed by atoms with van der Waals surface area (Å²) >= 11 is 0. The van der Waals surface area contributed by atoms with Crippen molar-refractivity contribution in [2.75, 3.05) is 0 Å². The highest BCUT2D eigenvalue weighted by Gasteiger charge is 2.24. The Kier molecular flexibility index (Phi) is 3.09. The summed E-state index contributed by atoms with van der Waals surface area (Å²) in [6.45, 7) is 1.90. The zero-order chi connectivity index (χ0) is 9.90. The summed E-state index contributed by atoms with van der Waals surface area (Å²) in [6.07, 6.45) is 1.21. The first-order valence-corrected chi connectivity index (χ1v) is 4.61. The molecule has 0 aromatic heterocycles. The number of hydrogen-bond donors (Lipinski definition) is 1. The fraction of sp³-hybridized carbons (Fsp3) is 0.400. The minimum atomic E-state index is -0.873. The van der Waals surface area contributed by atoms with Crippen molar-refractivity contribution in [3.05, 3.63) is 35.6 Å². The van der Waals surface area contributed by atoms with Crippen molar-refractivity contribution in [3.63, 3.8) is 0 Å². The van der Waals surface area contributed by atoms with Crippen molar-refractivity contribution in [2.24, 2.45) is 0 Å². The lowest BCUT2D eigenvalue weighted by molar-refractivity contribution is 0.0535. The van der Waals surface area contributed by atoms with Crippen LogP contribution in [0.2, 0.25) is 6.32 Å². The second-order valence-corrected chi connectivity index (χ2v) is 3.25. The summed E-state index contributed by atoms with van der Waals surface area (Å²) in [5, 5.41) is 10.1. The van der Waals surface area contributed by atoms with Gasteiger partial charge in [0.15, 0.2) is 0 Å². The Balaban J connectivity index is 3.05. The standard InChI is InChI=1S/C10H14BFO/c1-2-10(13,7-11)8-4-3-5-9(12)6-8/h3-6,13H,2,7,11H2,1H3. The van der Waals surface area contributed by atoms with Gasteiger partial charge < -0.3 is 5.11 Å². The van der Waals surface area contributed by atoms with E-state index in [1.54, 1.807) is 12.1 Å². The maximum Gasteiger partial charge on any atom is 0.123 e. The van der Waals surface area contributed by atoms with Crippen LogP contribution in [0.15, 0.2) is 24.3 Å². The minimum Gasteiger partial charge on any atom is -0.386 e. The van der Waals surface area contributed by atoms with Gasteiger partial charge in [-0.25, -0.2) is 4.39 Å². The average Bonchev–Trinajstić information content (AvgIpc) is 2.17. The average molecular weight is 180 g/mol. The number of halogens is 1. The van der Waals surface area contributed by atoms with Crippen LogP contribution in [0.5, 0.6) is 0 Å². The van der Waals surface area contributed by atoms with Gasteiger partial charge in [0, 0.05) is 0 Å². The largest absolute Gasteiger partial charge is 0.386 e.